The van der Waals surface area contributed by atoms with E-state index < -0.39 is 5.25 Å². The highest BCUT2D eigenvalue weighted by atomic mass is 32.2. The van der Waals surface area contributed by atoms with Crippen molar-refractivity contribution >= 4 is 46.2 Å². The van der Waals surface area contributed by atoms with Gasteiger partial charge in [-0.2, -0.15) is 4.99 Å². The molecule has 2 saturated heterocycles. The fraction of sp³-hybridized carbons (Fsp3) is 0.500. The van der Waals surface area contributed by atoms with Crippen LogP contribution in [0.15, 0.2) is 29.3 Å². The first kappa shape index (κ1) is 22.3. The Morgan fingerprint density at radius 2 is 1.72 bits per heavy atom. The molecule has 3 heterocycles. The van der Waals surface area contributed by atoms with E-state index in [4.69, 9.17) is 5.73 Å². The van der Waals surface area contributed by atoms with Crippen molar-refractivity contribution in [2.24, 2.45) is 16.6 Å². The average molecular weight is 458 g/mol. The summed E-state index contributed by atoms with van der Waals surface area (Å²) in [6, 6.07) is 6.69. The zero-order valence-electron chi connectivity index (χ0n) is 17.8. The summed E-state index contributed by atoms with van der Waals surface area (Å²) in [5, 5.41) is 3.03. The number of piperidine rings is 1. The fourth-order valence-electron chi connectivity index (χ4n) is 4.18. The monoisotopic (exact) mass is 457 g/mol. The lowest BCUT2D eigenvalue weighted by Crippen LogP contribution is -2.41. The Hall–Kier alpha value is -2.88. The van der Waals surface area contributed by atoms with Gasteiger partial charge >= 0.3 is 0 Å². The van der Waals surface area contributed by atoms with Crippen LogP contribution in [0.5, 0.6) is 0 Å². The summed E-state index contributed by atoms with van der Waals surface area (Å²) in [6.45, 7) is 2.82. The third-order valence-electron chi connectivity index (χ3n) is 6.08. The summed E-state index contributed by atoms with van der Waals surface area (Å²) in [6.07, 6.45) is 3.42. The molecule has 0 radical (unpaired) electrons. The van der Waals surface area contributed by atoms with Gasteiger partial charge in [-0.3, -0.25) is 19.2 Å². The van der Waals surface area contributed by atoms with Crippen LogP contribution < -0.4 is 11.1 Å². The number of carbonyl (C=O) groups is 4. The number of thioether (sulfide) groups is 1. The first-order chi connectivity index (χ1) is 15.4. The number of amides is 4. The number of likely N-dealkylation sites (tertiary alicyclic amines) is 2. The molecule has 2 fully saturated rings. The molecule has 0 aromatic heterocycles. The van der Waals surface area contributed by atoms with Crippen molar-refractivity contribution in [2.45, 2.75) is 37.4 Å². The molecular formula is C22H27N5O4S. The molecular weight excluding hydrogens is 430 g/mol. The van der Waals surface area contributed by atoms with Gasteiger partial charge in [0.25, 0.3) is 11.8 Å². The van der Waals surface area contributed by atoms with Crippen LogP contribution in [0.4, 0.5) is 5.69 Å². The van der Waals surface area contributed by atoms with Crippen LogP contribution >= 0.6 is 11.8 Å². The molecule has 0 bridgehead atoms. The van der Waals surface area contributed by atoms with Crippen LogP contribution in [0.3, 0.4) is 0 Å². The van der Waals surface area contributed by atoms with E-state index >= 15 is 0 Å². The standard InChI is InChI=1S/C22H27N5O4S/c23-19(29)14-7-11-26(12-8-14)21(31)15-3-5-16(6-4-15)24-18(28)13-17-20(30)25-22(32-17)27-9-1-2-10-27/h3-6,14,17H,1-2,7-13H2,(H2,23,29)(H,24,28). The molecule has 10 heteroatoms. The summed E-state index contributed by atoms with van der Waals surface area (Å²) in [7, 11) is 0. The Morgan fingerprint density at radius 3 is 2.34 bits per heavy atom. The van der Waals surface area contributed by atoms with E-state index in [1.807, 2.05) is 0 Å². The maximum atomic E-state index is 12.7. The van der Waals surface area contributed by atoms with Gasteiger partial charge in [-0.05, 0) is 49.9 Å². The second-order valence-electron chi connectivity index (χ2n) is 8.33. The number of amidine groups is 1. The number of benzene rings is 1. The van der Waals surface area contributed by atoms with Crippen molar-refractivity contribution in [3.8, 4) is 0 Å². The summed E-state index contributed by atoms with van der Waals surface area (Å²) >= 11 is 1.37. The first-order valence-corrected chi connectivity index (χ1v) is 11.8. The number of aliphatic imine (C=N–C) groups is 1. The molecule has 1 aromatic carbocycles. The number of rotatable bonds is 5. The van der Waals surface area contributed by atoms with Gasteiger partial charge in [0.15, 0.2) is 5.17 Å². The Morgan fingerprint density at radius 1 is 1.06 bits per heavy atom. The van der Waals surface area contributed by atoms with Gasteiger partial charge in [0.1, 0.15) is 5.25 Å². The summed E-state index contributed by atoms with van der Waals surface area (Å²) in [4.78, 5) is 56.5. The van der Waals surface area contributed by atoms with Gasteiger partial charge in [-0.1, -0.05) is 11.8 Å². The van der Waals surface area contributed by atoms with Crippen LogP contribution in [0.1, 0.15) is 42.5 Å². The molecule has 9 nitrogen and oxygen atoms in total. The minimum absolute atomic E-state index is 0.0554. The predicted octanol–water partition coefficient (Wildman–Crippen LogP) is 1.45. The number of hydrogen-bond donors (Lipinski definition) is 2. The fourth-order valence-corrected chi connectivity index (χ4v) is 5.30. The van der Waals surface area contributed by atoms with Crippen molar-refractivity contribution in [2.75, 3.05) is 31.5 Å². The zero-order chi connectivity index (χ0) is 22.7. The van der Waals surface area contributed by atoms with Gasteiger partial charge < -0.3 is 20.9 Å². The van der Waals surface area contributed by atoms with Gasteiger partial charge in [0.2, 0.25) is 11.8 Å². The maximum absolute atomic E-state index is 12.7. The molecule has 0 saturated carbocycles. The first-order valence-electron chi connectivity index (χ1n) is 10.9. The number of hydrogen-bond acceptors (Lipinski definition) is 6. The molecule has 4 amide bonds. The maximum Gasteiger partial charge on any atom is 0.262 e. The van der Waals surface area contributed by atoms with E-state index in [0.29, 0.717) is 37.2 Å². The van der Waals surface area contributed by atoms with Crippen LogP contribution in [-0.2, 0) is 14.4 Å². The third-order valence-corrected chi connectivity index (χ3v) is 7.29. The highest BCUT2D eigenvalue weighted by Crippen LogP contribution is 2.29. The number of carbonyl (C=O) groups excluding carboxylic acids is 4. The van der Waals surface area contributed by atoms with E-state index in [2.05, 4.69) is 15.2 Å². The predicted molar refractivity (Wildman–Crippen MR) is 122 cm³/mol. The van der Waals surface area contributed by atoms with Crippen molar-refractivity contribution in [3.05, 3.63) is 29.8 Å². The molecule has 32 heavy (non-hydrogen) atoms. The Labute approximate surface area is 190 Å². The van der Waals surface area contributed by atoms with Crippen LogP contribution in [0, 0.1) is 5.92 Å². The summed E-state index contributed by atoms with van der Waals surface area (Å²) in [5.41, 5.74) is 6.43. The number of nitrogens with one attached hydrogen (secondary N) is 1. The lowest BCUT2D eigenvalue weighted by atomic mass is 9.96. The third kappa shape index (κ3) is 5.12. The van der Waals surface area contributed by atoms with E-state index in [1.165, 1.54) is 11.8 Å². The molecule has 1 aromatic rings. The second-order valence-corrected chi connectivity index (χ2v) is 9.50. The molecule has 4 rings (SSSR count). The van der Waals surface area contributed by atoms with Gasteiger partial charge in [-0.25, -0.2) is 0 Å². The van der Waals surface area contributed by atoms with Crippen LogP contribution in [-0.4, -0.2) is 70.0 Å². The lowest BCUT2D eigenvalue weighted by Gasteiger charge is -2.30. The molecule has 0 spiro atoms. The summed E-state index contributed by atoms with van der Waals surface area (Å²) < 4.78 is 0. The number of primary amides is 1. The molecule has 0 aliphatic carbocycles. The van der Waals surface area contributed by atoms with E-state index in [-0.39, 0.29) is 36.0 Å². The number of nitrogens with two attached hydrogens (primary N) is 1. The highest BCUT2D eigenvalue weighted by Gasteiger charge is 2.34. The molecule has 1 atom stereocenters. The van der Waals surface area contributed by atoms with Crippen molar-refractivity contribution < 1.29 is 19.2 Å². The van der Waals surface area contributed by atoms with Gasteiger partial charge in [-0.15, -0.1) is 0 Å². The smallest absolute Gasteiger partial charge is 0.262 e. The number of nitrogens with zero attached hydrogens (tertiary/aromatic N) is 3. The number of anilines is 1. The van der Waals surface area contributed by atoms with Crippen molar-refractivity contribution in [1.29, 1.82) is 0 Å². The van der Waals surface area contributed by atoms with E-state index in [0.717, 1.165) is 31.1 Å². The quantitative estimate of drug-likeness (QED) is 0.689. The van der Waals surface area contributed by atoms with E-state index in [9.17, 15) is 19.2 Å². The van der Waals surface area contributed by atoms with Crippen molar-refractivity contribution in [3.63, 3.8) is 0 Å². The van der Waals surface area contributed by atoms with Crippen molar-refractivity contribution in [1.82, 2.24) is 9.80 Å². The highest BCUT2D eigenvalue weighted by molar-refractivity contribution is 8.15. The average Bonchev–Trinajstić information content (AvgIpc) is 3.44. The SMILES string of the molecule is NC(=O)C1CCN(C(=O)c2ccc(NC(=O)CC3SC(N4CCCC4)=NC3=O)cc2)CC1. The topological polar surface area (TPSA) is 125 Å². The molecule has 3 aliphatic rings. The van der Waals surface area contributed by atoms with Gasteiger partial charge in [0, 0.05) is 49.8 Å². The molecule has 170 valence electrons. The molecule has 3 aliphatic heterocycles. The summed E-state index contributed by atoms with van der Waals surface area (Å²) in [5.74, 6) is -1.10. The second kappa shape index (κ2) is 9.72. The Balaban J connectivity index is 1.26. The Bertz CT molecular complexity index is 934. The zero-order valence-corrected chi connectivity index (χ0v) is 18.6. The van der Waals surface area contributed by atoms with E-state index in [1.54, 1.807) is 29.2 Å². The minimum Gasteiger partial charge on any atom is -0.369 e. The lowest BCUT2D eigenvalue weighted by molar-refractivity contribution is -0.123. The molecule has 3 N–H and O–H groups in total. The van der Waals surface area contributed by atoms with Crippen LogP contribution in [0.25, 0.3) is 0 Å². The molecule has 1 unspecified atom stereocenters. The van der Waals surface area contributed by atoms with Gasteiger partial charge in [0.05, 0.1) is 0 Å². The normalized spacial score (nSPS) is 21.6. The largest absolute Gasteiger partial charge is 0.369 e. The Kier molecular flexibility index (Phi) is 6.78. The minimum atomic E-state index is -0.491. The van der Waals surface area contributed by atoms with Crippen LogP contribution in [0.2, 0.25) is 0 Å².